The van der Waals surface area contributed by atoms with E-state index in [-0.39, 0.29) is 16.7 Å². The Bertz CT molecular complexity index is 1800. The van der Waals surface area contributed by atoms with E-state index >= 15 is 0 Å². The summed E-state index contributed by atoms with van der Waals surface area (Å²) in [6.45, 7) is 7.71. The fourth-order valence-electron chi connectivity index (χ4n) is 4.97. The molecule has 0 aliphatic carbocycles. The van der Waals surface area contributed by atoms with Gasteiger partial charge in [-0.2, -0.15) is 0 Å². The number of fused-ring (bicyclic) bond motifs is 1. The van der Waals surface area contributed by atoms with Crippen LogP contribution in [0.4, 0.5) is 5.69 Å². The van der Waals surface area contributed by atoms with E-state index in [2.05, 4.69) is 66.3 Å². The lowest BCUT2D eigenvalue weighted by Gasteiger charge is -2.19. The zero-order chi connectivity index (χ0) is 31.8. The lowest BCUT2D eigenvalue weighted by molar-refractivity contribution is 0.0698. The second-order valence-electron chi connectivity index (χ2n) is 11.8. The van der Waals surface area contributed by atoms with E-state index in [0.29, 0.717) is 30.9 Å². The number of aromatic carboxylic acids is 1. The molecule has 0 fully saturated rings. The van der Waals surface area contributed by atoms with Crippen LogP contribution < -0.4 is 10.1 Å². The van der Waals surface area contributed by atoms with Gasteiger partial charge in [0.2, 0.25) is 0 Å². The first-order valence-electron chi connectivity index (χ1n) is 14.9. The number of carbonyl (C=O) groups is 2. The van der Waals surface area contributed by atoms with Crippen molar-refractivity contribution < 1.29 is 24.3 Å². The fraction of sp³-hybridized carbons (Fsp3) is 0.216. The zero-order valence-corrected chi connectivity index (χ0v) is 25.7. The summed E-state index contributed by atoms with van der Waals surface area (Å²) in [5.74, 6) is -1.10. The van der Waals surface area contributed by atoms with Gasteiger partial charge in [0.1, 0.15) is 12.4 Å². The van der Waals surface area contributed by atoms with Crippen molar-refractivity contribution in [1.82, 2.24) is 4.57 Å². The number of para-hydroxylation sites is 1. The van der Waals surface area contributed by atoms with Gasteiger partial charge < -0.3 is 24.6 Å². The maximum absolute atomic E-state index is 12.9. The highest BCUT2D eigenvalue weighted by molar-refractivity contribution is 6.08. The van der Waals surface area contributed by atoms with Crippen molar-refractivity contribution in [2.24, 2.45) is 5.16 Å². The minimum atomic E-state index is -1.14. The predicted octanol–water partition coefficient (Wildman–Crippen LogP) is 7.76. The zero-order valence-electron chi connectivity index (χ0n) is 25.7. The minimum Gasteiger partial charge on any atom is -0.493 e. The van der Waals surface area contributed by atoms with Crippen molar-refractivity contribution in [3.8, 4) is 5.75 Å². The molecule has 1 heterocycles. The fourth-order valence-corrected chi connectivity index (χ4v) is 4.97. The summed E-state index contributed by atoms with van der Waals surface area (Å²) in [7, 11) is 0. The molecular formula is C37H37N3O5. The summed E-state index contributed by atoms with van der Waals surface area (Å²) in [4.78, 5) is 30.2. The molecular weight excluding hydrogens is 566 g/mol. The molecule has 0 aliphatic heterocycles. The third-order valence-electron chi connectivity index (χ3n) is 7.41. The first kappa shape index (κ1) is 31.1. The van der Waals surface area contributed by atoms with E-state index in [9.17, 15) is 14.7 Å². The Balaban J connectivity index is 1.14. The number of aromatic nitrogens is 1. The third-order valence-corrected chi connectivity index (χ3v) is 7.41. The molecule has 230 valence electrons. The van der Waals surface area contributed by atoms with Crippen LogP contribution in [-0.4, -0.2) is 41.0 Å². The van der Waals surface area contributed by atoms with Crippen LogP contribution in [-0.2, 0) is 16.8 Å². The Morgan fingerprint density at radius 3 is 2.38 bits per heavy atom. The van der Waals surface area contributed by atoms with E-state index < -0.39 is 11.9 Å². The van der Waals surface area contributed by atoms with Gasteiger partial charge >= 0.3 is 5.97 Å². The molecule has 2 N–H and O–H groups in total. The highest BCUT2D eigenvalue weighted by Crippen LogP contribution is 2.26. The van der Waals surface area contributed by atoms with Gasteiger partial charge in [0.15, 0.2) is 0 Å². The molecule has 1 aromatic heterocycles. The highest BCUT2D eigenvalue weighted by atomic mass is 16.6. The number of hydrogen-bond donors (Lipinski definition) is 2. The molecule has 5 aromatic rings. The summed E-state index contributed by atoms with van der Waals surface area (Å²) >= 11 is 0. The molecule has 0 saturated carbocycles. The second-order valence-corrected chi connectivity index (χ2v) is 11.8. The van der Waals surface area contributed by atoms with Crippen LogP contribution in [0.25, 0.3) is 10.9 Å². The van der Waals surface area contributed by atoms with Crippen LogP contribution in [0.2, 0.25) is 0 Å². The Morgan fingerprint density at radius 1 is 0.911 bits per heavy atom. The average Bonchev–Trinajstić information content (AvgIpc) is 3.37. The Kier molecular flexibility index (Phi) is 9.63. The molecule has 0 bridgehead atoms. The lowest BCUT2D eigenvalue weighted by atomic mass is 9.86. The number of ether oxygens (including phenoxy) is 1. The third kappa shape index (κ3) is 7.97. The Morgan fingerprint density at radius 2 is 1.64 bits per heavy atom. The van der Waals surface area contributed by atoms with Crippen molar-refractivity contribution in [2.75, 3.05) is 18.5 Å². The number of carbonyl (C=O) groups excluding carboxylic acids is 1. The van der Waals surface area contributed by atoms with Gasteiger partial charge in [-0.3, -0.25) is 4.79 Å². The first-order valence-corrected chi connectivity index (χ1v) is 14.9. The summed E-state index contributed by atoms with van der Waals surface area (Å²) in [6, 6.07) is 30.3. The predicted molar refractivity (Wildman–Crippen MR) is 178 cm³/mol. The quantitative estimate of drug-likeness (QED) is 0.0862. The largest absolute Gasteiger partial charge is 0.493 e. The highest BCUT2D eigenvalue weighted by Gasteiger charge is 2.17. The number of carboxylic acid groups (broad SMARTS) is 1. The molecule has 0 aliphatic rings. The number of nitrogens with one attached hydrogen (secondary N) is 1. The van der Waals surface area contributed by atoms with E-state index in [1.807, 2.05) is 42.5 Å². The molecule has 5 rings (SSSR count). The van der Waals surface area contributed by atoms with Gasteiger partial charge in [-0.05, 0) is 46.9 Å². The number of benzene rings is 4. The Hall–Kier alpha value is -5.37. The van der Waals surface area contributed by atoms with E-state index in [1.54, 1.807) is 24.4 Å². The van der Waals surface area contributed by atoms with Crippen LogP contribution in [0.5, 0.6) is 5.75 Å². The standard InChI is InChI=1S/C37H37N3O5/c1-37(2,3)29-16-14-27(15-17-29)35(41)39-33-22-30(18-19-32(33)36(42)43)44-20-9-21-45-38-23-28-25-40(24-26-10-5-4-6-11-26)34-13-8-7-12-31(28)34/h4-8,10-19,22-23,25H,9,20-21,24H2,1-3H3,(H,39,41)(H,42,43)/b38-23-. The van der Waals surface area contributed by atoms with Gasteiger partial charge in [0, 0.05) is 47.3 Å². The summed E-state index contributed by atoms with van der Waals surface area (Å²) in [5, 5.41) is 17.6. The molecule has 0 saturated heterocycles. The molecule has 1 amide bonds. The number of amides is 1. The van der Waals surface area contributed by atoms with Crippen LogP contribution in [0.15, 0.2) is 108 Å². The molecule has 0 spiro atoms. The number of carboxylic acids is 1. The number of oxime groups is 1. The van der Waals surface area contributed by atoms with Gasteiger partial charge in [0.05, 0.1) is 24.1 Å². The molecule has 45 heavy (non-hydrogen) atoms. The van der Waals surface area contributed by atoms with Gasteiger partial charge in [-0.15, -0.1) is 0 Å². The van der Waals surface area contributed by atoms with Crippen molar-refractivity contribution in [2.45, 2.75) is 39.2 Å². The number of anilines is 1. The van der Waals surface area contributed by atoms with Crippen molar-refractivity contribution in [3.05, 3.63) is 131 Å². The topological polar surface area (TPSA) is 102 Å². The van der Waals surface area contributed by atoms with Gasteiger partial charge in [-0.25, -0.2) is 4.79 Å². The lowest BCUT2D eigenvalue weighted by Crippen LogP contribution is -2.16. The molecule has 4 aromatic carbocycles. The number of hydrogen-bond acceptors (Lipinski definition) is 5. The summed E-state index contributed by atoms with van der Waals surface area (Å²) in [5.41, 5.74) is 4.94. The van der Waals surface area contributed by atoms with Gasteiger partial charge in [0.25, 0.3) is 5.91 Å². The minimum absolute atomic E-state index is 0.0233. The number of nitrogens with zero attached hydrogens (tertiary/aromatic N) is 2. The van der Waals surface area contributed by atoms with Crippen molar-refractivity contribution in [3.63, 3.8) is 0 Å². The molecule has 0 radical (unpaired) electrons. The smallest absolute Gasteiger partial charge is 0.337 e. The normalized spacial score (nSPS) is 11.5. The van der Waals surface area contributed by atoms with Crippen molar-refractivity contribution in [1.29, 1.82) is 0 Å². The molecule has 0 unspecified atom stereocenters. The van der Waals surface area contributed by atoms with E-state index in [4.69, 9.17) is 9.57 Å². The Labute approximate surface area is 262 Å². The van der Waals surface area contributed by atoms with Crippen LogP contribution >= 0.6 is 0 Å². The monoisotopic (exact) mass is 603 g/mol. The van der Waals surface area contributed by atoms with Gasteiger partial charge in [-0.1, -0.05) is 86.6 Å². The van der Waals surface area contributed by atoms with E-state index in [0.717, 1.165) is 28.6 Å². The number of rotatable bonds is 12. The molecule has 0 atom stereocenters. The molecule has 8 nitrogen and oxygen atoms in total. The summed E-state index contributed by atoms with van der Waals surface area (Å²) < 4.78 is 8.03. The second kappa shape index (κ2) is 13.9. The van der Waals surface area contributed by atoms with Crippen LogP contribution in [0.1, 0.15) is 64.6 Å². The van der Waals surface area contributed by atoms with Crippen LogP contribution in [0, 0.1) is 0 Å². The molecule has 8 heteroatoms. The van der Waals surface area contributed by atoms with Crippen LogP contribution in [0.3, 0.4) is 0 Å². The van der Waals surface area contributed by atoms with E-state index in [1.165, 1.54) is 17.7 Å². The maximum Gasteiger partial charge on any atom is 0.337 e. The maximum atomic E-state index is 12.9. The summed E-state index contributed by atoms with van der Waals surface area (Å²) in [6.07, 6.45) is 4.35. The average molecular weight is 604 g/mol. The SMILES string of the molecule is CC(C)(C)c1ccc(C(=O)Nc2cc(OCCCO/N=C\c3cn(Cc4ccccc4)c4ccccc34)ccc2C(=O)O)cc1. The van der Waals surface area contributed by atoms with Crippen molar-refractivity contribution >= 4 is 34.7 Å². The first-order chi connectivity index (χ1) is 21.7.